The van der Waals surface area contributed by atoms with Crippen molar-refractivity contribution in [3.63, 3.8) is 0 Å². The van der Waals surface area contributed by atoms with Gasteiger partial charge in [0.25, 0.3) is 0 Å². The molecule has 2 aromatic heterocycles. The maximum atomic E-state index is 12.2. The highest BCUT2D eigenvalue weighted by atomic mass is 35.5. The Morgan fingerprint density at radius 2 is 1.43 bits per heavy atom. The van der Waals surface area contributed by atoms with Crippen LogP contribution in [-0.2, 0) is 9.47 Å². The molecule has 5 aromatic rings. The van der Waals surface area contributed by atoms with Crippen LogP contribution in [0.15, 0.2) is 82.6 Å². The van der Waals surface area contributed by atoms with Crippen LogP contribution in [-0.4, -0.2) is 35.1 Å². The van der Waals surface area contributed by atoms with Crippen LogP contribution in [0.25, 0.3) is 21.8 Å². The van der Waals surface area contributed by atoms with E-state index in [0.717, 1.165) is 31.6 Å². The number of aromatic nitrogens is 2. The number of carbonyl (C=O) groups is 2. The molecule has 0 atom stereocenters. The van der Waals surface area contributed by atoms with Crippen molar-refractivity contribution in [2.45, 2.75) is 23.6 Å². The van der Waals surface area contributed by atoms with E-state index >= 15 is 0 Å². The van der Waals surface area contributed by atoms with Crippen LogP contribution in [0.5, 0.6) is 0 Å². The molecule has 5 rings (SSSR count). The Morgan fingerprint density at radius 1 is 0.784 bits per heavy atom. The third-order valence-electron chi connectivity index (χ3n) is 5.23. The molecule has 0 radical (unpaired) electrons. The number of fused-ring (bicyclic) bond motifs is 2. The third-order valence-corrected chi connectivity index (χ3v) is 6.84. The highest BCUT2D eigenvalue weighted by molar-refractivity contribution is 7.99. The van der Waals surface area contributed by atoms with Crippen LogP contribution in [0.3, 0.4) is 0 Å². The van der Waals surface area contributed by atoms with Crippen molar-refractivity contribution in [3.8, 4) is 0 Å². The Bertz CT molecular complexity index is 1550. The molecule has 0 saturated heterocycles. The zero-order chi connectivity index (χ0) is 26.4. The number of ether oxygens (including phenoxy) is 2. The van der Waals surface area contributed by atoms with Gasteiger partial charge in [-0.25, -0.2) is 9.59 Å². The number of aromatic amines is 2. The second-order valence-electron chi connectivity index (χ2n) is 7.79. The summed E-state index contributed by atoms with van der Waals surface area (Å²) in [4.78, 5) is 31.6. The summed E-state index contributed by atoms with van der Waals surface area (Å²) >= 11 is 13.5. The summed E-state index contributed by atoms with van der Waals surface area (Å²) in [6.45, 7) is 4.28. The van der Waals surface area contributed by atoms with Gasteiger partial charge in [-0.3, -0.25) is 0 Å². The first-order valence-electron chi connectivity index (χ1n) is 11.6. The van der Waals surface area contributed by atoms with Crippen molar-refractivity contribution in [2.75, 3.05) is 13.2 Å². The highest BCUT2D eigenvalue weighted by Gasteiger charge is 2.20. The van der Waals surface area contributed by atoms with E-state index in [0.29, 0.717) is 34.6 Å². The normalized spacial score (nSPS) is 10.7. The van der Waals surface area contributed by atoms with Gasteiger partial charge in [-0.1, -0.05) is 53.2 Å². The summed E-state index contributed by atoms with van der Waals surface area (Å²) in [5, 5.41) is 3.11. The van der Waals surface area contributed by atoms with Crippen LogP contribution in [0, 0.1) is 0 Å². The Kier molecular flexibility index (Phi) is 8.82. The van der Waals surface area contributed by atoms with E-state index in [1.165, 1.54) is 11.8 Å². The highest BCUT2D eigenvalue weighted by Crippen LogP contribution is 2.38. The Balaban J connectivity index is 0.000000186. The van der Waals surface area contributed by atoms with E-state index in [2.05, 4.69) is 9.97 Å². The number of halogens is 2. The average Bonchev–Trinajstić information content (AvgIpc) is 3.47. The minimum Gasteiger partial charge on any atom is -0.461 e. The Morgan fingerprint density at radius 3 is 2.14 bits per heavy atom. The quantitative estimate of drug-likeness (QED) is 0.207. The molecule has 37 heavy (non-hydrogen) atoms. The lowest BCUT2D eigenvalue weighted by molar-refractivity contribution is 0.0509. The van der Waals surface area contributed by atoms with Crippen molar-refractivity contribution in [3.05, 3.63) is 94.2 Å². The fourth-order valence-corrected chi connectivity index (χ4v) is 5.02. The van der Waals surface area contributed by atoms with Gasteiger partial charge in [0, 0.05) is 36.7 Å². The number of hydrogen-bond acceptors (Lipinski definition) is 5. The van der Waals surface area contributed by atoms with Crippen LogP contribution >= 0.6 is 35.0 Å². The van der Waals surface area contributed by atoms with Crippen LogP contribution in [0.4, 0.5) is 0 Å². The lowest BCUT2D eigenvalue weighted by Crippen LogP contribution is -2.06. The molecule has 3 aromatic carbocycles. The lowest BCUT2D eigenvalue weighted by Gasteiger charge is -2.04. The number of hydrogen-bond donors (Lipinski definition) is 2. The summed E-state index contributed by atoms with van der Waals surface area (Å²) < 4.78 is 10.0. The van der Waals surface area contributed by atoms with Gasteiger partial charge in [-0.2, -0.15) is 0 Å². The first-order chi connectivity index (χ1) is 17.9. The minimum absolute atomic E-state index is 0.338. The predicted molar refractivity (Wildman–Crippen MR) is 149 cm³/mol. The summed E-state index contributed by atoms with van der Waals surface area (Å²) in [6.07, 6.45) is 0. The maximum absolute atomic E-state index is 12.2. The zero-order valence-corrected chi connectivity index (χ0v) is 22.5. The van der Waals surface area contributed by atoms with Gasteiger partial charge in [-0.15, -0.1) is 0 Å². The molecular formula is C28H24Cl2N2O4S. The van der Waals surface area contributed by atoms with Gasteiger partial charge in [0.1, 0.15) is 11.4 Å². The SMILES string of the molecule is CCOC(=O)c1[nH]c2ccc(Cl)cc2c1Sc1ccccc1.CCOC(=O)c1cc2cc(Cl)ccc2[nH]1. The molecule has 2 heterocycles. The number of nitrogens with one attached hydrogen (secondary N) is 2. The second-order valence-corrected chi connectivity index (χ2v) is 9.75. The van der Waals surface area contributed by atoms with Gasteiger partial charge in [0.2, 0.25) is 0 Å². The summed E-state index contributed by atoms with van der Waals surface area (Å²) in [7, 11) is 0. The average molecular weight is 555 g/mol. The molecule has 0 aliphatic heterocycles. The van der Waals surface area contributed by atoms with E-state index in [4.69, 9.17) is 32.7 Å². The molecule has 2 N–H and O–H groups in total. The van der Waals surface area contributed by atoms with Crippen LogP contribution in [0.2, 0.25) is 10.0 Å². The van der Waals surface area contributed by atoms with Gasteiger partial charge in [-0.05, 0) is 68.4 Å². The van der Waals surface area contributed by atoms with Crippen molar-refractivity contribution >= 4 is 68.7 Å². The van der Waals surface area contributed by atoms with Crippen molar-refractivity contribution in [1.82, 2.24) is 9.97 Å². The summed E-state index contributed by atoms with van der Waals surface area (Å²) in [6, 6.07) is 22.6. The predicted octanol–water partition coefficient (Wildman–Crippen LogP) is 8.15. The van der Waals surface area contributed by atoms with Crippen molar-refractivity contribution < 1.29 is 19.1 Å². The first-order valence-corrected chi connectivity index (χ1v) is 13.1. The first kappa shape index (κ1) is 26.7. The lowest BCUT2D eigenvalue weighted by atomic mass is 10.2. The molecular weight excluding hydrogens is 531 g/mol. The fraction of sp³-hybridized carbons (Fsp3) is 0.143. The van der Waals surface area contributed by atoms with Gasteiger partial charge >= 0.3 is 11.9 Å². The van der Waals surface area contributed by atoms with E-state index in [-0.39, 0.29) is 11.9 Å². The van der Waals surface area contributed by atoms with E-state index in [1.54, 1.807) is 38.1 Å². The zero-order valence-electron chi connectivity index (χ0n) is 20.1. The third kappa shape index (κ3) is 6.49. The molecule has 6 nitrogen and oxygen atoms in total. The Labute approximate surface area is 228 Å². The van der Waals surface area contributed by atoms with Gasteiger partial charge in [0.15, 0.2) is 0 Å². The molecule has 0 aliphatic rings. The Hall–Kier alpha value is -3.39. The monoisotopic (exact) mass is 554 g/mol. The fourth-order valence-electron chi connectivity index (χ4n) is 3.62. The molecule has 0 spiro atoms. The van der Waals surface area contributed by atoms with E-state index < -0.39 is 0 Å². The maximum Gasteiger partial charge on any atom is 0.355 e. The number of carbonyl (C=O) groups excluding carboxylic acids is 2. The van der Waals surface area contributed by atoms with Crippen molar-refractivity contribution in [1.29, 1.82) is 0 Å². The largest absolute Gasteiger partial charge is 0.461 e. The molecule has 9 heteroatoms. The number of H-pyrrole nitrogens is 2. The second kappa shape index (κ2) is 12.2. The summed E-state index contributed by atoms with van der Waals surface area (Å²) in [5.74, 6) is -0.696. The summed E-state index contributed by atoms with van der Waals surface area (Å²) in [5.41, 5.74) is 2.66. The molecule has 0 saturated carbocycles. The molecule has 190 valence electrons. The van der Waals surface area contributed by atoms with E-state index in [1.807, 2.05) is 48.5 Å². The molecule has 0 amide bonds. The molecule has 0 bridgehead atoms. The van der Waals surface area contributed by atoms with Gasteiger partial charge < -0.3 is 19.4 Å². The van der Waals surface area contributed by atoms with Crippen LogP contribution < -0.4 is 0 Å². The molecule has 0 unspecified atom stereocenters. The van der Waals surface area contributed by atoms with Gasteiger partial charge in [0.05, 0.1) is 18.1 Å². The number of benzene rings is 3. The van der Waals surface area contributed by atoms with E-state index in [9.17, 15) is 9.59 Å². The smallest absolute Gasteiger partial charge is 0.355 e. The molecule has 0 fully saturated rings. The topological polar surface area (TPSA) is 84.2 Å². The van der Waals surface area contributed by atoms with Crippen LogP contribution in [0.1, 0.15) is 34.8 Å². The van der Waals surface area contributed by atoms with Crippen molar-refractivity contribution in [2.24, 2.45) is 0 Å². The minimum atomic E-state index is -0.353. The molecule has 0 aliphatic carbocycles. The standard InChI is InChI=1S/C17H14ClNO2S.C11H10ClNO2/c1-2-21-17(20)15-16(22-12-6-4-3-5-7-12)13-10-11(18)8-9-14(13)19-15;1-2-15-11(14)10-6-7-5-8(12)3-4-9(7)13-10/h3-10,19H,2H2,1H3;3-6,13H,2H2,1H3. The number of esters is 2. The number of rotatable bonds is 6.